The van der Waals surface area contributed by atoms with Crippen molar-refractivity contribution in [1.29, 1.82) is 15.8 Å². The fourth-order valence-electron chi connectivity index (χ4n) is 14.6. The Morgan fingerprint density at radius 2 is 0.841 bits per heavy atom. The topological polar surface area (TPSA) is 354 Å². The van der Waals surface area contributed by atoms with Gasteiger partial charge >= 0.3 is 41.5 Å². The van der Waals surface area contributed by atoms with Crippen molar-refractivity contribution in [3.8, 4) is 63.1 Å². The van der Waals surface area contributed by atoms with E-state index in [0.717, 1.165) is 114 Å². The van der Waals surface area contributed by atoms with Crippen molar-refractivity contribution in [3.05, 3.63) is 192 Å². The third kappa shape index (κ3) is 17.9. The number of hydrogen-bond acceptors (Lipinski definition) is 23. The van der Waals surface area contributed by atoms with Crippen LogP contribution in [0.15, 0.2) is 169 Å². The summed E-state index contributed by atoms with van der Waals surface area (Å²) in [5, 5.41) is 64.6. The van der Waals surface area contributed by atoms with Gasteiger partial charge in [0.2, 0.25) is 0 Å². The number of piperazine rings is 3. The summed E-state index contributed by atoms with van der Waals surface area (Å²) in [6.45, 7) is 13.7. The molecule has 7 N–H and O–H groups in total. The number of thioether (sulfide) groups is 2. The molecule has 9 fully saturated rings. The van der Waals surface area contributed by atoms with Crippen molar-refractivity contribution in [2.24, 2.45) is 0 Å². The monoisotopic (exact) mass is 1480 g/mol. The van der Waals surface area contributed by atoms with Crippen LogP contribution in [0.25, 0.3) is 49.9 Å². The molecule has 11 aromatic rings. The minimum absolute atomic E-state index is 0. The standard InChI is InChI=1S/C27H26N6S.C26H24N6OS.C18H16N6O.C4H6O3.C2H3BO.Na.2H2O/c1-18-9-25(27-21(11-28)13-30-33(27)14-18)20-5-8-26(29-12-20)31-16-22-10-23(17-31)32(22)15-19-3-6-24(34-2)7-4-19;1-34-23-5-2-17(3-6-23)13-31-20-8-21(31)15-30(14-20)25-7-4-18(11-28-25)24-9-22(33)16-32-26(24)19(10-27)12-29-32;19-5-12-7-21-24-10-15(25)4-16(18(12)24)11-1-2-17(20-6-11)23-8-13-3-14(9-23)22-13;1-3(5)7-4(2)6;1-2(3)4;;;/h3-9,12-14,22-23H,10,15-17H2,1-2H3;2-7,9,11-12,16,20-21,33H,8,13-15H2,1H3;1-2,4,6-7,10,13-14,22,25H,3,8-9H2;1-2H3;1H3;;2*1H2/q;;;;-1;+1;;. The van der Waals surface area contributed by atoms with Gasteiger partial charge in [0, 0.05) is 170 Å². The van der Waals surface area contributed by atoms with Gasteiger partial charge in [0.1, 0.15) is 47.2 Å². The molecule has 107 heavy (non-hydrogen) atoms. The summed E-state index contributed by atoms with van der Waals surface area (Å²) in [5.74, 6) is 2.03. The summed E-state index contributed by atoms with van der Waals surface area (Å²) in [6.07, 6.45) is 23.2. The summed E-state index contributed by atoms with van der Waals surface area (Å²) < 4.78 is 8.83. The second-order valence-electron chi connectivity index (χ2n) is 26.6. The van der Waals surface area contributed by atoms with Crippen LogP contribution in [0.1, 0.15) is 73.4 Å². The second kappa shape index (κ2) is 35.0. The molecule has 30 heteroatoms. The molecule has 3 radical (unpaired) electrons. The minimum Gasteiger partial charge on any atom is -0.528 e. The summed E-state index contributed by atoms with van der Waals surface area (Å²) in [7, 11) is 4.47. The van der Waals surface area contributed by atoms with Crippen LogP contribution in [0.4, 0.5) is 17.5 Å². The van der Waals surface area contributed by atoms with Crippen LogP contribution >= 0.6 is 23.5 Å². The molecular weight excluding hydrogens is 1400 g/mol. The van der Waals surface area contributed by atoms with Crippen molar-refractivity contribution in [1.82, 2.24) is 58.9 Å². The molecule has 6 unspecified atom stereocenters. The molecule has 18 heterocycles. The fraction of sp³-hybridized carbons (Fsp3) is 0.299. The predicted octanol–water partition coefficient (Wildman–Crippen LogP) is 5.60. The normalized spacial score (nSPS) is 18.4. The Balaban J connectivity index is 0.000000159. The number of ether oxygens (including phenoxy) is 1. The molecule has 9 aliphatic heterocycles. The molecule has 2 aromatic carbocycles. The van der Waals surface area contributed by atoms with E-state index in [1.165, 1.54) is 90.3 Å². The molecule has 9 aromatic heterocycles. The van der Waals surface area contributed by atoms with Crippen LogP contribution in [0.3, 0.4) is 0 Å². The molecule has 0 saturated carbocycles. The molecule has 0 amide bonds. The van der Waals surface area contributed by atoms with Crippen molar-refractivity contribution < 1.29 is 69.8 Å². The second-order valence-corrected chi connectivity index (χ2v) is 28.4. The van der Waals surface area contributed by atoms with Gasteiger partial charge in [-0.25, -0.2) is 28.5 Å². The zero-order valence-corrected chi connectivity index (χ0v) is 63.9. The van der Waals surface area contributed by atoms with Crippen molar-refractivity contribution in [3.63, 3.8) is 0 Å². The number of piperidine rings is 3. The van der Waals surface area contributed by atoms with E-state index in [9.17, 15) is 40.4 Å². The molecule has 9 saturated heterocycles. The Hall–Kier alpha value is -10.2. The number of aromatic nitrogens is 9. The first kappa shape index (κ1) is 79.4. The average Bonchev–Trinajstić information content (AvgIpc) is 1.70. The maximum atomic E-state index is 10.1. The van der Waals surface area contributed by atoms with E-state index in [0.29, 0.717) is 64.0 Å². The van der Waals surface area contributed by atoms with Gasteiger partial charge in [0.25, 0.3) is 0 Å². The maximum Gasteiger partial charge on any atom is 1.00 e. The molecule has 20 rings (SSSR count). The quantitative estimate of drug-likeness (QED) is 0.0580. The van der Waals surface area contributed by atoms with Gasteiger partial charge in [-0.1, -0.05) is 31.2 Å². The summed E-state index contributed by atoms with van der Waals surface area (Å²) in [4.78, 5) is 58.0. The average molecular weight is 1480 g/mol. The fourth-order valence-corrected chi connectivity index (χ4v) is 15.4. The van der Waals surface area contributed by atoms with Crippen molar-refractivity contribution in [2.45, 2.75) is 106 Å². The first-order valence-electron chi connectivity index (χ1n) is 34.0. The number of hydrogen-bond donors (Lipinski definition) is 3. The number of aromatic hydroxyl groups is 2. The number of esters is 2. The molecule has 6 atom stereocenters. The number of anilines is 3. The Morgan fingerprint density at radius 3 is 1.14 bits per heavy atom. The third-order valence-corrected chi connectivity index (χ3v) is 20.9. The molecule has 541 valence electrons. The summed E-state index contributed by atoms with van der Waals surface area (Å²) in [6, 6.07) is 45.6. The van der Waals surface area contributed by atoms with Gasteiger partial charge in [0.05, 0.1) is 64.2 Å². The number of carbonyl (C=O) groups excluding carboxylic acids is 3. The van der Waals surface area contributed by atoms with E-state index in [1.807, 2.05) is 49.8 Å². The third-order valence-electron chi connectivity index (χ3n) is 19.4. The Morgan fingerprint density at radius 1 is 0.514 bits per heavy atom. The molecular formula is C77H79BN18NaO8S2. The molecule has 9 aliphatic rings. The number of aryl methyl sites for hydroxylation is 1. The van der Waals surface area contributed by atoms with E-state index in [1.54, 1.807) is 57.1 Å². The van der Waals surface area contributed by atoms with Crippen LogP contribution in [-0.4, -0.2) is 188 Å². The largest absolute Gasteiger partial charge is 1.00 e. The van der Waals surface area contributed by atoms with Crippen molar-refractivity contribution >= 4 is 83.0 Å². The number of benzene rings is 2. The molecule has 26 nitrogen and oxygen atoms in total. The summed E-state index contributed by atoms with van der Waals surface area (Å²) >= 11 is 3.56. The number of nitriles is 3. The van der Waals surface area contributed by atoms with Gasteiger partial charge < -0.3 is 58.6 Å². The first-order valence-corrected chi connectivity index (χ1v) is 36.5. The minimum atomic E-state index is -0.562. The molecule has 0 aliphatic carbocycles. The van der Waals surface area contributed by atoms with Gasteiger partial charge in [-0.3, -0.25) is 19.4 Å². The van der Waals surface area contributed by atoms with Crippen LogP contribution < -0.4 is 49.6 Å². The van der Waals surface area contributed by atoms with Gasteiger partial charge in [-0.2, -0.15) is 31.1 Å². The van der Waals surface area contributed by atoms with Crippen LogP contribution in [0.5, 0.6) is 11.5 Å². The maximum absolute atomic E-state index is 10.1. The SMILES string of the molecule is CC(=O)OC(C)=O.CSc1ccc(CN2C3CC2CN(c2ccc(-c4cc(C)cn5ncc(C#N)c45)cn2)C3)cc1.CSc1ccc(CN2C3CC2CN(c2ccc(-c4cc(O)cn5ncc(C#N)c45)cn2)C3)cc1.N#Cc1cnn2cc(O)cc(-c3ccc(N4CC5CC(C4)N5)nc3)c12.O.O.[B-]C(C)=O.[Na+]. The van der Waals surface area contributed by atoms with Gasteiger partial charge in [0.15, 0.2) is 0 Å². The van der Waals surface area contributed by atoms with Crippen LogP contribution in [-0.2, 0) is 32.2 Å². The number of carbonyl (C=O) groups is 3. The van der Waals surface area contributed by atoms with E-state index in [2.05, 4.69) is 160 Å². The van der Waals surface area contributed by atoms with E-state index in [-0.39, 0.29) is 57.7 Å². The Bertz CT molecular complexity index is 4860. The first-order chi connectivity index (χ1) is 50.3. The van der Waals surface area contributed by atoms with Crippen LogP contribution in [0.2, 0.25) is 0 Å². The number of nitrogens with one attached hydrogen (secondary N) is 1. The Labute approximate surface area is 650 Å². The Kier molecular flexibility index (Phi) is 26.0. The number of rotatable bonds is 12. The van der Waals surface area contributed by atoms with Gasteiger partial charge in [-0.15, -0.1) is 29.2 Å². The number of fused-ring (bicyclic) bond motifs is 9. The number of nitrogens with zero attached hydrogens (tertiary/aromatic N) is 17. The molecule has 0 spiro atoms. The van der Waals surface area contributed by atoms with E-state index in [4.69, 9.17) is 9.97 Å². The zero-order chi connectivity index (χ0) is 72.9. The summed E-state index contributed by atoms with van der Waals surface area (Å²) in [5.41, 5.74) is 12.4. The zero-order valence-electron chi connectivity index (χ0n) is 60.3. The predicted molar refractivity (Wildman–Crippen MR) is 407 cm³/mol. The number of pyridine rings is 6. The van der Waals surface area contributed by atoms with Crippen molar-refractivity contribution in [2.75, 3.05) is 66.5 Å². The van der Waals surface area contributed by atoms with Crippen LogP contribution in [0, 0.1) is 40.9 Å². The smallest absolute Gasteiger partial charge is 0.528 e. The molecule has 6 bridgehead atoms. The van der Waals surface area contributed by atoms with E-state index >= 15 is 0 Å². The van der Waals surface area contributed by atoms with Gasteiger partial charge in [-0.05, 0) is 134 Å². The van der Waals surface area contributed by atoms with E-state index < -0.39 is 11.9 Å².